The van der Waals surface area contributed by atoms with Crippen LogP contribution in [0.5, 0.6) is 0 Å². The van der Waals surface area contributed by atoms with Crippen molar-refractivity contribution < 1.29 is 13.9 Å². The number of ether oxygens (including phenoxy) is 1. The van der Waals surface area contributed by atoms with Crippen molar-refractivity contribution in [2.75, 3.05) is 12.3 Å². The van der Waals surface area contributed by atoms with Gasteiger partial charge in [-0.2, -0.15) is 0 Å². The number of hydrogen-bond acceptors (Lipinski definition) is 7. The lowest BCUT2D eigenvalue weighted by Crippen LogP contribution is -2.00. The molecule has 4 aromatic rings. The van der Waals surface area contributed by atoms with E-state index in [4.69, 9.17) is 14.9 Å². The Hall–Kier alpha value is -3.94. The van der Waals surface area contributed by atoms with Gasteiger partial charge >= 0.3 is 5.97 Å². The van der Waals surface area contributed by atoms with Crippen LogP contribution in [0.3, 0.4) is 0 Å². The van der Waals surface area contributed by atoms with Gasteiger partial charge in [-0.1, -0.05) is 18.2 Å². The minimum atomic E-state index is -0.384. The van der Waals surface area contributed by atoms with Crippen LogP contribution in [-0.2, 0) is 9.53 Å². The maximum absolute atomic E-state index is 11.5. The molecule has 2 N–H and O–H groups in total. The fourth-order valence-electron chi connectivity index (χ4n) is 2.72. The number of fused-ring (bicyclic) bond motifs is 1. The third kappa shape index (κ3) is 3.48. The first-order valence-electron chi connectivity index (χ1n) is 8.66. The highest BCUT2D eigenvalue weighted by molar-refractivity contribution is 5.87. The Morgan fingerprint density at radius 3 is 2.96 bits per heavy atom. The van der Waals surface area contributed by atoms with Gasteiger partial charge in [-0.05, 0) is 36.8 Å². The van der Waals surface area contributed by atoms with Gasteiger partial charge in [-0.3, -0.25) is 0 Å². The Kier molecular flexibility index (Phi) is 4.59. The quantitative estimate of drug-likeness (QED) is 0.421. The summed E-state index contributed by atoms with van der Waals surface area (Å²) in [6.45, 7) is 2.10. The largest absolute Gasteiger partial charge is 0.463 e. The van der Waals surface area contributed by atoms with E-state index < -0.39 is 0 Å². The van der Waals surface area contributed by atoms with Crippen LogP contribution in [-0.4, -0.2) is 32.2 Å². The van der Waals surface area contributed by atoms with Crippen LogP contribution in [0.25, 0.3) is 34.6 Å². The number of nitrogens with zero attached hydrogens (tertiary/aromatic N) is 4. The summed E-state index contributed by atoms with van der Waals surface area (Å²) in [5.41, 5.74) is 8.84. The minimum Gasteiger partial charge on any atom is -0.463 e. The zero-order chi connectivity index (χ0) is 19.5. The summed E-state index contributed by atoms with van der Waals surface area (Å²) in [4.78, 5) is 20.3. The molecule has 3 aromatic heterocycles. The van der Waals surface area contributed by atoms with Crippen molar-refractivity contribution in [3.63, 3.8) is 0 Å². The SMILES string of the molecule is CCOC(=O)/C=C/c1cccc(-c2cn3nc(-c4ccco4)nc3c(N)n2)c1. The molecule has 8 heteroatoms. The molecule has 0 spiro atoms. The molecule has 0 aliphatic rings. The average Bonchev–Trinajstić information content (AvgIpc) is 3.36. The number of furan rings is 1. The van der Waals surface area contributed by atoms with Crippen LogP contribution in [0.15, 0.2) is 59.4 Å². The zero-order valence-corrected chi connectivity index (χ0v) is 15.1. The molecule has 0 amide bonds. The Morgan fingerprint density at radius 2 is 2.18 bits per heavy atom. The highest BCUT2D eigenvalue weighted by atomic mass is 16.5. The Balaban J connectivity index is 1.69. The van der Waals surface area contributed by atoms with Crippen LogP contribution in [0.2, 0.25) is 0 Å². The summed E-state index contributed by atoms with van der Waals surface area (Å²) in [6.07, 6.45) is 6.39. The second kappa shape index (κ2) is 7.36. The van der Waals surface area contributed by atoms with Gasteiger partial charge in [0.2, 0.25) is 5.82 Å². The lowest BCUT2D eigenvalue weighted by molar-refractivity contribution is -0.137. The lowest BCUT2D eigenvalue weighted by Gasteiger charge is -2.04. The third-order valence-electron chi connectivity index (χ3n) is 3.97. The molecule has 140 valence electrons. The molecule has 3 heterocycles. The molecule has 8 nitrogen and oxygen atoms in total. The molecule has 0 aliphatic carbocycles. The Morgan fingerprint density at radius 1 is 1.29 bits per heavy atom. The van der Waals surface area contributed by atoms with E-state index in [1.807, 2.05) is 24.3 Å². The van der Waals surface area contributed by atoms with Crippen LogP contribution in [0, 0.1) is 0 Å². The lowest BCUT2D eigenvalue weighted by atomic mass is 10.1. The van der Waals surface area contributed by atoms with Crippen molar-refractivity contribution in [1.82, 2.24) is 19.6 Å². The van der Waals surface area contributed by atoms with E-state index >= 15 is 0 Å². The number of carbonyl (C=O) groups excluding carboxylic acids is 1. The van der Waals surface area contributed by atoms with Gasteiger partial charge in [0.15, 0.2) is 17.2 Å². The average molecular weight is 375 g/mol. The molecule has 0 bridgehead atoms. The zero-order valence-electron chi connectivity index (χ0n) is 15.1. The van der Waals surface area contributed by atoms with Gasteiger partial charge in [0.25, 0.3) is 0 Å². The molecular formula is C20H17N5O3. The van der Waals surface area contributed by atoms with E-state index in [0.717, 1.165) is 11.1 Å². The number of nitrogen functional groups attached to an aromatic ring is 1. The molecule has 0 saturated carbocycles. The first-order chi connectivity index (χ1) is 13.6. The van der Waals surface area contributed by atoms with E-state index in [-0.39, 0.29) is 11.8 Å². The fraction of sp³-hybridized carbons (Fsp3) is 0.100. The summed E-state index contributed by atoms with van der Waals surface area (Å²) in [7, 11) is 0. The van der Waals surface area contributed by atoms with Crippen LogP contribution in [0.4, 0.5) is 5.82 Å². The number of anilines is 1. The fourth-order valence-corrected chi connectivity index (χ4v) is 2.72. The summed E-state index contributed by atoms with van der Waals surface area (Å²) in [6, 6.07) is 11.1. The van der Waals surface area contributed by atoms with Gasteiger partial charge in [0, 0.05) is 11.6 Å². The van der Waals surface area contributed by atoms with Crippen molar-refractivity contribution in [3.8, 4) is 22.8 Å². The van der Waals surface area contributed by atoms with Gasteiger partial charge < -0.3 is 14.9 Å². The van der Waals surface area contributed by atoms with E-state index in [9.17, 15) is 4.79 Å². The first kappa shape index (κ1) is 17.5. The summed E-state index contributed by atoms with van der Waals surface area (Å²) in [5.74, 6) is 0.859. The molecule has 0 radical (unpaired) electrons. The molecule has 0 saturated heterocycles. The highest BCUT2D eigenvalue weighted by Gasteiger charge is 2.13. The normalized spacial score (nSPS) is 11.3. The van der Waals surface area contributed by atoms with Crippen molar-refractivity contribution >= 4 is 23.5 Å². The number of benzene rings is 1. The molecule has 28 heavy (non-hydrogen) atoms. The smallest absolute Gasteiger partial charge is 0.330 e. The molecule has 0 unspecified atom stereocenters. The monoisotopic (exact) mass is 375 g/mol. The van der Waals surface area contributed by atoms with E-state index in [0.29, 0.717) is 29.5 Å². The van der Waals surface area contributed by atoms with Crippen molar-refractivity contribution in [2.24, 2.45) is 0 Å². The van der Waals surface area contributed by atoms with Crippen molar-refractivity contribution in [2.45, 2.75) is 6.92 Å². The summed E-state index contributed by atoms with van der Waals surface area (Å²) >= 11 is 0. The Bertz CT molecular complexity index is 1160. The molecule has 0 atom stereocenters. The number of esters is 1. The maximum atomic E-state index is 11.5. The number of aromatic nitrogens is 4. The van der Waals surface area contributed by atoms with Crippen molar-refractivity contribution in [3.05, 3.63) is 60.5 Å². The van der Waals surface area contributed by atoms with E-state index in [2.05, 4.69) is 15.1 Å². The molecule has 4 rings (SSSR count). The van der Waals surface area contributed by atoms with Gasteiger partial charge in [0.1, 0.15) is 0 Å². The molecule has 0 aliphatic heterocycles. The van der Waals surface area contributed by atoms with Crippen molar-refractivity contribution in [1.29, 1.82) is 0 Å². The van der Waals surface area contributed by atoms with Crippen LogP contribution >= 0.6 is 0 Å². The van der Waals surface area contributed by atoms with Gasteiger partial charge in [0.05, 0.1) is 24.8 Å². The minimum absolute atomic E-state index is 0.260. The number of carbonyl (C=O) groups is 1. The van der Waals surface area contributed by atoms with Gasteiger partial charge in [-0.15, -0.1) is 5.10 Å². The third-order valence-corrected chi connectivity index (χ3v) is 3.97. The maximum Gasteiger partial charge on any atom is 0.330 e. The Labute approximate surface area is 160 Å². The number of nitrogens with two attached hydrogens (primary N) is 1. The van der Waals surface area contributed by atoms with Gasteiger partial charge in [-0.25, -0.2) is 19.3 Å². The second-order valence-corrected chi connectivity index (χ2v) is 5.90. The van der Waals surface area contributed by atoms with Crippen LogP contribution in [0.1, 0.15) is 12.5 Å². The number of rotatable bonds is 5. The molecule has 1 aromatic carbocycles. The van der Waals surface area contributed by atoms with Crippen LogP contribution < -0.4 is 5.73 Å². The summed E-state index contributed by atoms with van der Waals surface area (Å²) < 4.78 is 11.8. The number of hydrogen-bond donors (Lipinski definition) is 1. The standard InChI is InChI=1S/C20H17N5O3/c1-2-27-17(26)9-8-13-5-3-6-14(11-13)15-12-25-20(18(21)22-15)23-19(24-25)16-7-4-10-28-16/h3-12H,2H2,1H3,(H2,21,22)/b9-8+. The predicted octanol–water partition coefficient (Wildman–Crippen LogP) is 3.21. The molecule has 0 fully saturated rings. The first-order valence-corrected chi connectivity index (χ1v) is 8.66. The topological polar surface area (TPSA) is 109 Å². The predicted molar refractivity (Wildman–Crippen MR) is 104 cm³/mol. The van der Waals surface area contributed by atoms with E-state index in [1.165, 1.54) is 6.08 Å². The second-order valence-electron chi connectivity index (χ2n) is 5.90. The van der Waals surface area contributed by atoms with E-state index in [1.54, 1.807) is 42.1 Å². The summed E-state index contributed by atoms with van der Waals surface area (Å²) in [5, 5.41) is 4.42. The molecular weight excluding hydrogens is 358 g/mol. The highest BCUT2D eigenvalue weighted by Crippen LogP contribution is 2.24.